The fraction of sp³-hybridized carbons (Fsp3) is 0.0667. The normalized spacial score (nSPS) is 11.7. The van der Waals surface area contributed by atoms with Crippen LogP contribution in [0.3, 0.4) is 0 Å². The molecule has 0 aliphatic heterocycles. The Balaban J connectivity index is 2.32. The highest BCUT2D eigenvalue weighted by atomic mass is 19.1. The number of aliphatic carboxylic acids is 1. The van der Waals surface area contributed by atoms with Crippen molar-refractivity contribution in [2.24, 2.45) is 0 Å². The predicted molar refractivity (Wildman–Crippen MR) is 69.2 cm³/mol. The van der Waals surface area contributed by atoms with Gasteiger partial charge in [-0.15, -0.1) is 0 Å². The number of carboxylic acid groups (broad SMARTS) is 1. The molecule has 5 heteroatoms. The van der Waals surface area contributed by atoms with Crippen LogP contribution in [-0.4, -0.2) is 17.4 Å². The largest absolute Gasteiger partial charge is 0.478 e. The molecule has 0 saturated carbocycles. The number of ether oxygens (including phenoxy) is 1. The molecule has 1 unspecified atom stereocenters. The van der Waals surface area contributed by atoms with E-state index in [0.717, 1.165) is 12.1 Å². The summed E-state index contributed by atoms with van der Waals surface area (Å²) >= 11 is 0. The third-order valence-electron chi connectivity index (χ3n) is 2.61. The molecular weight excluding hydrogens is 263 g/mol. The minimum absolute atomic E-state index is 0.0108. The average Bonchev–Trinajstić information content (AvgIpc) is 2.44. The molecule has 4 nitrogen and oxygen atoms in total. The van der Waals surface area contributed by atoms with Gasteiger partial charge in [0.1, 0.15) is 17.9 Å². The van der Waals surface area contributed by atoms with E-state index in [9.17, 15) is 19.1 Å². The highest BCUT2D eigenvalue weighted by Crippen LogP contribution is 2.24. The molecule has 2 aromatic carbocycles. The van der Waals surface area contributed by atoms with Gasteiger partial charge in [-0.05, 0) is 12.1 Å². The predicted octanol–water partition coefficient (Wildman–Crippen LogP) is 2.84. The zero-order valence-corrected chi connectivity index (χ0v) is 10.3. The molecule has 0 bridgehead atoms. The van der Waals surface area contributed by atoms with Crippen LogP contribution in [-0.2, 0) is 4.79 Å². The topological polar surface area (TPSA) is 63.6 Å². The van der Waals surface area contributed by atoms with E-state index >= 15 is 0 Å². The van der Waals surface area contributed by atoms with Crippen molar-refractivity contribution >= 4 is 12.3 Å². The summed E-state index contributed by atoms with van der Waals surface area (Å²) in [7, 11) is 0. The van der Waals surface area contributed by atoms with E-state index in [2.05, 4.69) is 0 Å². The molecule has 0 saturated heterocycles. The second kappa shape index (κ2) is 5.97. The number of benzene rings is 2. The SMILES string of the molecule is O=Cc1cc(F)cc(OC(C(=O)O)c2ccccc2)c1. The maximum Gasteiger partial charge on any atom is 0.349 e. The van der Waals surface area contributed by atoms with Crippen LogP contribution >= 0.6 is 0 Å². The van der Waals surface area contributed by atoms with Crippen LogP contribution < -0.4 is 4.74 Å². The van der Waals surface area contributed by atoms with Gasteiger partial charge in [0.2, 0.25) is 6.10 Å². The van der Waals surface area contributed by atoms with Gasteiger partial charge in [0.05, 0.1) is 0 Å². The Morgan fingerprint density at radius 3 is 2.50 bits per heavy atom. The van der Waals surface area contributed by atoms with Crippen LogP contribution in [0.5, 0.6) is 5.75 Å². The first kappa shape index (κ1) is 13.7. The van der Waals surface area contributed by atoms with Crippen molar-refractivity contribution < 1.29 is 23.8 Å². The van der Waals surface area contributed by atoms with Crippen molar-refractivity contribution in [2.75, 3.05) is 0 Å². The lowest BCUT2D eigenvalue weighted by Gasteiger charge is -2.15. The molecule has 1 atom stereocenters. The Hall–Kier alpha value is -2.69. The van der Waals surface area contributed by atoms with Gasteiger partial charge in [-0.25, -0.2) is 9.18 Å². The Kier molecular flexibility index (Phi) is 4.10. The lowest BCUT2D eigenvalue weighted by atomic mass is 10.1. The molecule has 0 aromatic heterocycles. The number of hydrogen-bond acceptors (Lipinski definition) is 3. The number of aldehydes is 1. The van der Waals surface area contributed by atoms with E-state index < -0.39 is 17.9 Å². The molecule has 0 fully saturated rings. The number of hydrogen-bond donors (Lipinski definition) is 1. The molecule has 0 spiro atoms. The summed E-state index contributed by atoms with van der Waals surface area (Å²) in [4.78, 5) is 21.9. The lowest BCUT2D eigenvalue weighted by molar-refractivity contribution is -0.145. The third-order valence-corrected chi connectivity index (χ3v) is 2.61. The molecule has 102 valence electrons. The molecular formula is C15H11FO4. The van der Waals surface area contributed by atoms with Crippen molar-refractivity contribution in [1.29, 1.82) is 0 Å². The van der Waals surface area contributed by atoms with Crippen molar-refractivity contribution in [3.8, 4) is 5.75 Å². The smallest absolute Gasteiger partial charge is 0.349 e. The van der Waals surface area contributed by atoms with E-state index in [0.29, 0.717) is 11.8 Å². The maximum atomic E-state index is 13.3. The maximum absolute atomic E-state index is 13.3. The summed E-state index contributed by atoms with van der Waals surface area (Å²) in [5, 5.41) is 9.20. The number of halogens is 1. The summed E-state index contributed by atoms with van der Waals surface area (Å²) < 4.78 is 18.6. The first-order valence-electron chi connectivity index (χ1n) is 5.80. The molecule has 0 aliphatic carbocycles. The fourth-order valence-corrected chi connectivity index (χ4v) is 1.75. The van der Waals surface area contributed by atoms with Crippen molar-refractivity contribution in [3.63, 3.8) is 0 Å². The van der Waals surface area contributed by atoms with E-state index in [-0.39, 0.29) is 11.3 Å². The van der Waals surface area contributed by atoms with Crippen LogP contribution in [0.15, 0.2) is 48.5 Å². The van der Waals surface area contributed by atoms with Crippen molar-refractivity contribution in [3.05, 3.63) is 65.5 Å². The van der Waals surface area contributed by atoms with Gasteiger partial charge >= 0.3 is 5.97 Å². The average molecular weight is 274 g/mol. The summed E-state index contributed by atoms with van der Waals surface area (Å²) in [5.74, 6) is -1.88. The van der Waals surface area contributed by atoms with Gasteiger partial charge < -0.3 is 9.84 Å². The van der Waals surface area contributed by atoms with Crippen LogP contribution in [0.25, 0.3) is 0 Å². The van der Waals surface area contributed by atoms with Crippen LogP contribution in [0.4, 0.5) is 4.39 Å². The first-order chi connectivity index (χ1) is 9.60. The van der Waals surface area contributed by atoms with Crippen LogP contribution in [0.2, 0.25) is 0 Å². The molecule has 2 aromatic rings. The van der Waals surface area contributed by atoms with Crippen molar-refractivity contribution in [2.45, 2.75) is 6.10 Å². The van der Waals surface area contributed by atoms with Crippen molar-refractivity contribution in [1.82, 2.24) is 0 Å². The number of carboxylic acids is 1. The van der Waals surface area contributed by atoms with Gasteiger partial charge in [-0.3, -0.25) is 4.79 Å². The van der Waals surface area contributed by atoms with E-state index in [4.69, 9.17) is 4.74 Å². The molecule has 0 aliphatic rings. The number of rotatable bonds is 5. The zero-order chi connectivity index (χ0) is 14.5. The second-order valence-corrected chi connectivity index (χ2v) is 4.08. The Morgan fingerprint density at radius 2 is 1.90 bits per heavy atom. The summed E-state index contributed by atoms with van der Waals surface area (Å²) in [6.45, 7) is 0. The van der Waals surface area contributed by atoms with Gasteiger partial charge in [-0.1, -0.05) is 30.3 Å². The van der Waals surface area contributed by atoms with Gasteiger partial charge in [0.15, 0.2) is 0 Å². The zero-order valence-electron chi connectivity index (χ0n) is 10.3. The minimum Gasteiger partial charge on any atom is -0.478 e. The monoisotopic (exact) mass is 274 g/mol. The van der Waals surface area contributed by atoms with Gasteiger partial charge in [0.25, 0.3) is 0 Å². The van der Waals surface area contributed by atoms with Gasteiger partial charge in [-0.2, -0.15) is 0 Å². The Morgan fingerprint density at radius 1 is 1.20 bits per heavy atom. The number of carbonyl (C=O) groups excluding carboxylic acids is 1. The molecule has 0 heterocycles. The standard InChI is InChI=1S/C15H11FO4/c16-12-6-10(9-17)7-13(8-12)20-14(15(18)19)11-4-2-1-3-5-11/h1-9,14H,(H,18,19). The summed E-state index contributed by atoms with van der Waals surface area (Å²) in [6.07, 6.45) is -0.800. The highest BCUT2D eigenvalue weighted by Gasteiger charge is 2.22. The lowest BCUT2D eigenvalue weighted by Crippen LogP contribution is -2.18. The van der Waals surface area contributed by atoms with E-state index in [1.165, 1.54) is 6.07 Å². The third kappa shape index (κ3) is 3.20. The number of carbonyl (C=O) groups is 2. The molecule has 0 amide bonds. The molecule has 1 N–H and O–H groups in total. The highest BCUT2D eigenvalue weighted by molar-refractivity contribution is 5.76. The van der Waals surface area contributed by atoms with Crippen LogP contribution in [0.1, 0.15) is 22.0 Å². The van der Waals surface area contributed by atoms with E-state index in [1.807, 2.05) is 0 Å². The van der Waals surface area contributed by atoms with Gasteiger partial charge in [0, 0.05) is 17.2 Å². The fourth-order valence-electron chi connectivity index (χ4n) is 1.75. The second-order valence-electron chi connectivity index (χ2n) is 4.08. The van der Waals surface area contributed by atoms with Crippen LogP contribution in [0, 0.1) is 5.82 Å². The van der Waals surface area contributed by atoms with E-state index in [1.54, 1.807) is 30.3 Å². The Labute approximate surface area is 114 Å². The first-order valence-corrected chi connectivity index (χ1v) is 5.80. The minimum atomic E-state index is -1.27. The molecule has 20 heavy (non-hydrogen) atoms. The summed E-state index contributed by atoms with van der Waals surface area (Å²) in [6, 6.07) is 11.7. The Bertz CT molecular complexity index is 625. The quantitative estimate of drug-likeness (QED) is 0.851. The summed E-state index contributed by atoms with van der Waals surface area (Å²) in [5.41, 5.74) is 0.508. The molecule has 2 rings (SSSR count). The molecule has 0 radical (unpaired) electrons.